The number of fused-ring (bicyclic) bond motifs is 2. The first kappa shape index (κ1) is 22.6. The van der Waals surface area contributed by atoms with Gasteiger partial charge in [-0.25, -0.2) is 4.98 Å². The fraction of sp³-hybridized carbons (Fsp3) is 0.138. The van der Waals surface area contributed by atoms with Crippen LogP contribution >= 0.6 is 0 Å². The van der Waals surface area contributed by atoms with Crippen LogP contribution in [0.2, 0.25) is 0 Å². The van der Waals surface area contributed by atoms with Gasteiger partial charge in [-0.3, -0.25) is 20.1 Å². The molecule has 3 N–H and O–H groups in total. The molecule has 0 aliphatic carbocycles. The third kappa shape index (κ3) is 4.45. The Morgan fingerprint density at radius 2 is 1.84 bits per heavy atom. The Labute approximate surface area is 214 Å². The zero-order valence-electron chi connectivity index (χ0n) is 20.7. The van der Waals surface area contributed by atoms with Gasteiger partial charge in [-0.1, -0.05) is 26.5 Å². The number of hydrogen-bond donors (Lipinski definition) is 3. The van der Waals surface area contributed by atoms with Crippen LogP contribution in [0.5, 0.6) is 0 Å². The first-order valence-electron chi connectivity index (χ1n) is 12.2. The quantitative estimate of drug-likeness (QED) is 0.235. The minimum atomic E-state index is 0.530. The predicted molar refractivity (Wildman–Crippen MR) is 148 cm³/mol. The van der Waals surface area contributed by atoms with Crippen molar-refractivity contribution in [3.63, 3.8) is 0 Å². The number of allylic oxidation sites excluding steroid dienone is 1. The van der Waals surface area contributed by atoms with Crippen molar-refractivity contribution in [1.29, 1.82) is 0 Å². The van der Waals surface area contributed by atoms with E-state index in [9.17, 15) is 0 Å². The molecule has 6 aromatic heterocycles. The fourth-order valence-electron chi connectivity index (χ4n) is 4.57. The van der Waals surface area contributed by atoms with E-state index in [0.29, 0.717) is 11.6 Å². The average Bonchev–Trinajstić information content (AvgIpc) is 3.52. The van der Waals surface area contributed by atoms with Gasteiger partial charge in [-0.2, -0.15) is 5.10 Å². The summed E-state index contributed by atoms with van der Waals surface area (Å²) in [5.74, 6) is 0.530. The second-order valence-corrected chi connectivity index (χ2v) is 9.50. The summed E-state index contributed by atoms with van der Waals surface area (Å²) in [4.78, 5) is 21.6. The SMILES string of the molecule is C=C(CC(C)C)Nc1cncc(-c2cnc3n[nH]c(-c4cc5c(-c6ccccn6)nccc5[nH]4)c3c2)c1. The monoisotopic (exact) mass is 486 g/mol. The summed E-state index contributed by atoms with van der Waals surface area (Å²) in [5.41, 5.74) is 8.83. The molecule has 0 atom stereocenters. The van der Waals surface area contributed by atoms with Gasteiger partial charge in [0.1, 0.15) is 0 Å². The van der Waals surface area contributed by atoms with Gasteiger partial charge < -0.3 is 10.3 Å². The Kier molecular flexibility index (Phi) is 5.69. The number of aromatic amines is 2. The van der Waals surface area contributed by atoms with E-state index in [2.05, 4.69) is 79.1 Å². The highest BCUT2D eigenvalue weighted by Gasteiger charge is 2.16. The molecule has 0 spiro atoms. The van der Waals surface area contributed by atoms with Crippen molar-refractivity contribution < 1.29 is 0 Å². The van der Waals surface area contributed by atoms with Gasteiger partial charge >= 0.3 is 0 Å². The number of hydrogen-bond acceptors (Lipinski definition) is 6. The summed E-state index contributed by atoms with van der Waals surface area (Å²) in [6, 6.07) is 14.0. The maximum absolute atomic E-state index is 4.61. The van der Waals surface area contributed by atoms with E-state index in [4.69, 9.17) is 0 Å². The molecule has 0 aliphatic rings. The minimum Gasteiger partial charge on any atom is -0.358 e. The molecule has 8 heteroatoms. The molecule has 0 saturated heterocycles. The largest absolute Gasteiger partial charge is 0.358 e. The van der Waals surface area contributed by atoms with Gasteiger partial charge in [-0.15, -0.1) is 0 Å². The highest BCUT2D eigenvalue weighted by Crippen LogP contribution is 2.33. The van der Waals surface area contributed by atoms with Crippen LogP contribution in [0.25, 0.3) is 55.8 Å². The first-order valence-corrected chi connectivity index (χ1v) is 12.2. The summed E-state index contributed by atoms with van der Waals surface area (Å²) in [5, 5.41) is 12.9. The molecule has 0 amide bonds. The Morgan fingerprint density at radius 1 is 0.946 bits per heavy atom. The molecule has 6 aromatic rings. The molecule has 6 rings (SSSR count). The van der Waals surface area contributed by atoms with Crippen molar-refractivity contribution >= 4 is 27.6 Å². The van der Waals surface area contributed by atoms with Gasteiger partial charge in [-0.05, 0) is 48.7 Å². The van der Waals surface area contributed by atoms with Crippen LogP contribution in [0.1, 0.15) is 20.3 Å². The van der Waals surface area contributed by atoms with Crippen LogP contribution in [-0.4, -0.2) is 35.1 Å². The van der Waals surface area contributed by atoms with Crippen molar-refractivity contribution in [3.05, 3.63) is 85.7 Å². The third-order valence-electron chi connectivity index (χ3n) is 6.18. The molecule has 182 valence electrons. The van der Waals surface area contributed by atoms with Crippen molar-refractivity contribution in [2.75, 3.05) is 5.32 Å². The van der Waals surface area contributed by atoms with Crippen molar-refractivity contribution in [2.45, 2.75) is 20.3 Å². The van der Waals surface area contributed by atoms with Gasteiger partial charge in [0.25, 0.3) is 0 Å². The highest BCUT2D eigenvalue weighted by molar-refractivity contribution is 5.99. The highest BCUT2D eigenvalue weighted by atomic mass is 15.2. The Balaban J connectivity index is 1.38. The molecule has 0 aliphatic heterocycles. The zero-order chi connectivity index (χ0) is 25.4. The zero-order valence-corrected chi connectivity index (χ0v) is 20.7. The van der Waals surface area contributed by atoms with Gasteiger partial charge in [0.05, 0.1) is 34.7 Å². The molecule has 0 bridgehead atoms. The molecule has 6 heterocycles. The second-order valence-electron chi connectivity index (χ2n) is 9.50. The van der Waals surface area contributed by atoms with Crippen LogP contribution in [-0.2, 0) is 0 Å². The lowest BCUT2D eigenvalue weighted by Gasteiger charge is -2.12. The summed E-state index contributed by atoms with van der Waals surface area (Å²) >= 11 is 0. The Morgan fingerprint density at radius 3 is 2.68 bits per heavy atom. The van der Waals surface area contributed by atoms with Crippen molar-refractivity contribution in [2.24, 2.45) is 5.92 Å². The van der Waals surface area contributed by atoms with E-state index in [-0.39, 0.29) is 0 Å². The van der Waals surface area contributed by atoms with Crippen LogP contribution in [0.3, 0.4) is 0 Å². The van der Waals surface area contributed by atoms with E-state index in [0.717, 1.165) is 68.0 Å². The maximum Gasteiger partial charge on any atom is 0.181 e. The second kappa shape index (κ2) is 9.31. The molecule has 0 unspecified atom stereocenters. The van der Waals surface area contributed by atoms with Crippen LogP contribution in [0.4, 0.5) is 5.69 Å². The normalized spacial score (nSPS) is 11.4. The molecule has 0 radical (unpaired) electrons. The lowest BCUT2D eigenvalue weighted by Crippen LogP contribution is -2.02. The number of nitrogens with zero attached hydrogens (tertiary/aromatic N) is 5. The van der Waals surface area contributed by atoms with E-state index < -0.39 is 0 Å². The first-order chi connectivity index (χ1) is 18.0. The average molecular weight is 487 g/mol. The summed E-state index contributed by atoms with van der Waals surface area (Å²) in [6.45, 7) is 8.49. The molecular formula is C29H26N8. The van der Waals surface area contributed by atoms with Crippen molar-refractivity contribution in [3.8, 4) is 33.9 Å². The van der Waals surface area contributed by atoms with Gasteiger partial charge in [0.2, 0.25) is 0 Å². The van der Waals surface area contributed by atoms with E-state index >= 15 is 0 Å². The Bertz CT molecular complexity index is 1730. The lowest BCUT2D eigenvalue weighted by molar-refractivity contribution is 0.645. The number of aromatic nitrogens is 7. The maximum atomic E-state index is 4.61. The number of rotatable bonds is 7. The van der Waals surface area contributed by atoms with E-state index in [1.807, 2.05) is 42.9 Å². The smallest absolute Gasteiger partial charge is 0.181 e. The van der Waals surface area contributed by atoms with E-state index in [1.165, 1.54) is 0 Å². The molecule has 0 aromatic carbocycles. The van der Waals surface area contributed by atoms with Crippen LogP contribution < -0.4 is 5.32 Å². The predicted octanol–water partition coefficient (Wildman–Crippen LogP) is 6.60. The van der Waals surface area contributed by atoms with Crippen LogP contribution in [0.15, 0.2) is 85.7 Å². The standard InChI is InChI=1S/C29H26N8/c1-17(2)10-18(3)34-21-11-19(14-30-16-21)20-12-23-28(36-37-29(23)33-15-20)26-13-22-24(35-26)7-9-32-27(22)25-6-4-5-8-31-25/h4-9,11-17,34-35H,3,10H2,1-2H3,(H,33,36,37). The number of nitrogens with one attached hydrogen (secondary N) is 3. The fourth-order valence-corrected chi connectivity index (χ4v) is 4.57. The van der Waals surface area contributed by atoms with Crippen molar-refractivity contribution in [1.82, 2.24) is 35.1 Å². The molecule has 0 saturated carbocycles. The summed E-state index contributed by atoms with van der Waals surface area (Å²) in [7, 11) is 0. The molecular weight excluding hydrogens is 460 g/mol. The number of pyridine rings is 4. The third-order valence-corrected chi connectivity index (χ3v) is 6.18. The van der Waals surface area contributed by atoms with E-state index in [1.54, 1.807) is 12.4 Å². The molecule has 37 heavy (non-hydrogen) atoms. The Hall–Kier alpha value is -4.85. The number of anilines is 1. The lowest BCUT2D eigenvalue weighted by atomic mass is 10.1. The number of H-pyrrole nitrogens is 2. The summed E-state index contributed by atoms with van der Waals surface area (Å²) < 4.78 is 0. The molecule has 0 fully saturated rings. The molecule has 8 nitrogen and oxygen atoms in total. The topological polar surface area (TPSA) is 108 Å². The minimum absolute atomic E-state index is 0.530. The van der Waals surface area contributed by atoms with Gasteiger partial charge in [0, 0.05) is 57.9 Å². The van der Waals surface area contributed by atoms with Crippen LogP contribution in [0, 0.1) is 5.92 Å². The van der Waals surface area contributed by atoms with Gasteiger partial charge in [0.15, 0.2) is 5.65 Å². The summed E-state index contributed by atoms with van der Waals surface area (Å²) in [6.07, 6.45) is 9.94.